The molecule has 1 rings (SSSR count). The summed E-state index contributed by atoms with van der Waals surface area (Å²) < 4.78 is 52.3. The molecule has 0 aliphatic rings. The summed E-state index contributed by atoms with van der Waals surface area (Å²) >= 11 is 0. The van der Waals surface area contributed by atoms with Gasteiger partial charge >= 0.3 is 0 Å². The van der Waals surface area contributed by atoms with E-state index < -0.39 is 25.4 Å². The van der Waals surface area contributed by atoms with Gasteiger partial charge in [0, 0.05) is 6.54 Å². The monoisotopic (exact) mass is 321 g/mol. The van der Waals surface area contributed by atoms with Gasteiger partial charge in [0.2, 0.25) is 0 Å². The molecule has 0 amide bonds. The first kappa shape index (κ1) is 16.9. The lowest BCUT2D eigenvalue weighted by Gasteiger charge is -2.07. The highest BCUT2D eigenvalue weighted by atomic mass is 32.2. The van der Waals surface area contributed by atoms with Gasteiger partial charge in [0.15, 0.2) is 19.7 Å². The molecule has 1 N–H and O–H groups in total. The van der Waals surface area contributed by atoms with Gasteiger partial charge < -0.3 is 10.1 Å². The summed E-state index contributed by atoms with van der Waals surface area (Å²) in [4.78, 5) is 0.0992. The molecule has 0 spiro atoms. The molecule has 0 bridgehead atoms. The summed E-state index contributed by atoms with van der Waals surface area (Å²) in [5.74, 6) is -0.304. The maximum atomic E-state index is 12.0. The second-order valence-corrected chi connectivity index (χ2v) is 8.66. The molecule has 0 radical (unpaired) electrons. The van der Waals surface area contributed by atoms with E-state index in [1.807, 2.05) is 0 Å². The molecule has 0 fully saturated rings. The molecule has 0 aromatic heterocycles. The van der Waals surface area contributed by atoms with Crippen molar-refractivity contribution < 1.29 is 21.6 Å². The van der Waals surface area contributed by atoms with Crippen LogP contribution in [0.25, 0.3) is 0 Å². The lowest BCUT2D eigenvalue weighted by Crippen LogP contribution is -2.25. The third-order valence-electron chi connectivity index (χ3n) is 2.74. The second-order valence-electron chi connectivity index (χ2n) is 4.25. The highest BCUT2D eigenvalue weighted by Crippen LogP contribution is 2.16. The third-order valence-corrected chi connectivity index (χ3v) is 6.39. The van der Waals surface area contributed by atoms with Crippen LogP contribution in [0.1, 0.15) is 0 Å². The normalized spacial score (nSPS) is 12.3. The Morgan fingerprint density at radius 2 is 1.60 bits per heavy atom. The summed E-state index contributed by atoms with van der Waals surface area (Å²) in [6, 6.07) is 5.88. The van der Waals surface area contributed by atoms with Crippen LogP contribution in [-0.4, -0.2) is 54.8 Å². The Morgan fingerprint density at radius 3 is 2.10 bits per heavy atom. The van der Waals surface area contributed by atoms with E-state index >= 15 is 0 Å². The van der Waals surface area contributed by atoms with Crippen molar-refractivity contribution in [3.05, 3.63) is 24.3 Å². The van der Waals surface area contributed by atoms with Gasteiger partial charge in [0.05, 0.1) is 29.3 Å². The second kappa shape index (κ2) is 7.05. The zero-order valence-electron chi connectivity index (χ0n) is 11.5. The average molecular weight is 321 g/mol. The summed E-state index contributed by atoms with van der Waals surface area (Å²) in [5, 5.41) is 2.72. The van der Waals surface area contributed by atoms with Crippen LogP contribution >= 0.6 is 0 Å². The first-order chi connectivity index (χ1) is 9.30. The van der Waals surface area contributed by atoms with Crippen LogP contribution in [0.5, 0.6) is 5.75 Å². The maximum Gasteiger partial charge on any atom is 0.179 e. The van der Waals surface area contributed by atoms with Crippen molar-refractivity contribution in [3.8, 4) is 5.75 Å². The number of ether oxygens (including phenoxy) is 1. The molecule has 0 atom stereocenters. The molecule has 0 aliphatic heterocycles. The fourth-order valence-corrected chi connectivity index (χ4v) is 4.90. The van der Waals surface area contributed by atoms with Gasteiger partial charge in [-0.1, -0.05) is 0 Å². The van der Waals surface area contributed by atoms with Crippen LogP contribution in [0.3, 0.4) is 0 Å². The van der Waals surface area contributed by atoms with Crippen LogP contribution in [0.15, 0.2) is 29.2 Å². The van der Waals surface area contributed by atoms with Crippen molar-refractivity contribution in [3.63, 3.8) is 0 Å². The van der Waals surface area contributed by atoms with E-state index in [2.05, 4.69) is 5.32 Å². The van der Waals surface area contributed by atoms with E-state index in [0.29, 0.717) is 12.3 Å². The molecule has 0 saturated heterocycles. The lowest BCUT2D eigenvalue weighted by atomic mass is 10.3. The minimum atomic E-state index is -3.60. The van der Waals surface area contributed by atoms with Gasteiger partial charge in [-0.2, -0.15) is 0 Å². The molecule has 20 heavy (non-hydrogen) atoms. The van der Waals surface area contributed by atoms with Crippen LogP contribution in [0, 0.1) is 0 Å². The zero-order chi connectivity index (χ0) is 15.2. The first-order valence-electron chi connectivity index (χ1n) is 6.02. The van der Waals surface area contributed by atoms with Crippen LogP contribution in [0.4, 0.5) is 0 Å². The third kappa shape index (κ3) is 5.10. The fourth-order valence-electron chi connectivity index (χ4n) is 1.50. The Morgan fingerprint density at radius 1 is 1.00 bits per heavy atom. The van der Waals surface area contributed by atoms with Gasteiger partial charge in [0.25, 0.3) is 0 Å². The highest BCUT2D eigenvalue weighted by Gasteiger charge is 2.19. The molecule has 0 heterocycles. The molecular formula is C12H19NO5S2. The molecule has 1 aromatic carbocycles. The van der Waals surface area contributed by atoms with E-state index in [-0.39, 0.29) is 16.4 Å². The standard InChI is InChI=1S/C12H19NO5S2/c1-13-7-8-19(14,15)9-10-20(16,17)12-5-3-11(18-2)4-6-12/h3-6,13H,7-10H2,1-2H3. The van der Waals surface area contributed by atoms with Crippen LogP contribution in [-0.2, 0) is 19.7 Å². The Hall–Kier alpha value is -1.12. The molecule has 0 aliphatic carbocycles. The minimum Gasteiger partial charge on any atom is -0.497 e. The predicted molar refractivity (Wildman–Crippen MR) is 77.6 cm³/mol. The van der Waals surface area contributed by atoms with Crippen LogP contribution < -0.4 is 10.1 Å². The summed E-state index contributed by atoms with van der Waals surface area (Å²) in [6.07, 6.45) is 0. The minimum absolute atomic E-state index is 0.0678. The van der Waals surface area contributed by atoms with E-state index in [1.54, 1.807) is 7.05 Å². The van der Waals surface area contributed by atoms with Crippen molar-refractivity contribution in [2.24, 2.45) is 0 Å². The Kier molecular flexibility index (Phi) is 5.97. The van der Waals surface area contributed by atoms with Gasteiger partial charge in [-0.05, 0) is 31.3 Å². The zero-order valence-corrected chi connectivity index (χ0v) is 13.1. The number of hydrogen-bond donors (Lipinski definition) is 1. The SMILES string of the molecule is CNCCS(=O)(=O)CCS(=O)(=O)c1ccc(OC)cc1. The molecule has 8 heteroatoms. The largest absolute Gasteiger partial charge is 0.497 e. The number of benzene rings is 1. The summed E-state index contributed by atoms with van der Waals surface area (Å²) in [6.45, 7) is 0.310. The fraction of sp³-hybridized carbons (Fsp3) is 0.500. The van der Waals surface area contributed by atoms with E-state index in [1.165, 1.54) is 31.4 Å². The van der Waals surface area contributed by atoms with Crippen LogP contribution in [0.2, 0.25) is 0 Å². The Labute approximate surface area is 120 Å². The quantitative estimate of drug-likeness (QED) is 0.730. The lowest BCUT2D eigenvalue weighted by molar-refractivity contribution is 0.414. The topological polar surface area (TPSA) is 89.5 Å². The first-order valence-corrected chi connectivity index (χ1v) is 9.50. The van der Waals surface area contributed by atoms with E-state index in [0.717, 1.165) is 0 Å². The summed E-state index contributed by atoms with van der Waals surface area (Å²) in [5.41, 5.74) is 0. The van der Waals surface area contributed by atoms with Crippen molar-refractivity contribution in [2.75, 3.05) is 38.0 Å². The molecule has 6 nitrogen and oxygen atoms in total. The predicted octanol–water partition coefficient (Wildman–Crippen LogP) is 0.103. The number of nitrogens with one attached hydrogen (secondary N) is 1. The number of hydrogen-bond acceptors (Lipinski definition) is 6. The number of sulfone groups is 2. The van der Waals surface area contributed by atoms with Crippen molar-refractivity contribution in [1.82, 2.24) is 5.32 Å². The van der Waals surface area contributed by atoms with Crippen molar-refractivity contribution >= 4 is 19.7 Å². The number of rotatable bonds is 8. The van der Waals surface area contributed by atoms with E-state index in [4.69, 9.17) is 4.74 Å². The van der Waals surface area contributed by atoms with Crippen molar-refractivity contribution in [1.29, 1.82) is 0 Å². The molecular weight excluding hydrogens is 302 g/mol. The van der Waals surface area contributed by atoms with Gasteiger partial charge in [-0.25, -0.2) is 16.8 Å². The smallest absolute Gasteiger partial charge is 0.179 e. The van der Waals surface area contributed by atoms with Gasteiger partial charge in [-0.15, -0.1) is 0 Å². The Balaban J connectivity index is 2.74. The van der Waals surface area contributed by atoms with Crippen molar-refractivity contribution in [2.45, 2.75) is 4.90 Å². The van der Waals surface area contributed by atoms with Gasteiger partial charge in [-0.3, -0.25) is 0 Å². The summed E-state index contributed by atoms with van der Waals surface area (Å²) in [7, 11) is -3.84. The molecule has 0 unspecified atom stereocenters. The number of methoxy groups -OCH3 is 1. The highest BCUT2D eigenvalue weighted by molar-refractivity contribution is 7.95. The average Bonchev–Trinajstić information content (AvgIpc) is 2.43. The molecule has 0 saturated carbocycles. The molecule has 1 aromatic rings. The molecule has 114 valence electrons. The van der Waals surface area contributed by atoms with Gasteiger partial charge in [0.1, 0.15) is 5.75 Å². The Bertz CT molecular complexity index is 620. The maximum absolute atomic E-state index is 12.0. The van der Waals surface area contributed by atoms with E-state index in [9.17, 15) is 16.8 Å².